The first-order chi connectivity index (χ1) is 8.31. The zero-order valence-electron chi connectivity index (χ0n) is 11.0. The van der Waals surface area contributed by atoms with Crippen LogP contribution in [0.2, 0.25) is 0 Å². The van der Waals surface area contributed by atoms with Crippen molar-refractivity contribution in [1.29, 1.82) is 0 Å². The molecule has 94 valence electrons. The van der Waals surface area contributed by atoms with E-state index < -0.39 is 0 Å². The van der Waals surface area contributed by atoms with Gasteiger partial charge in [-0.1, -0.05) is 44.2 Å². The van der Waals surface area contributed by atoms with Crippen LogP contribution in [0.15, 0.2) is 30.3 Å². The van der Waals surface area contributed by atoms with Crippen LogP contribution in [-0.4, -0.2) is 37.1 Å². The van der Waals surface area contributed by atoms with E-state index in [-0.39, 0.29) is 0 Å². The van der Waals surface area contributed by atoms with Gasteiger partial charge in [0.1, 0.15) is 0 Å². The molecule has 17 heavy (non-hydrogen) atoms. The second-order valence-electron chi connectivity index (χ2n) is 5.05. The van der Waals surface area contributed by atoms with Crippen LogP contribution in [0.1, 0.15) is 31.7 Å². The topological polar surface area (TPSA) is 15.3 Å². The van der Waals surface area contributed by atoms with Gasteiger partial charge >= 0.3 is 0 Å². The summed E-state index contributed by atoms with van der Waals surface area (Å²) >= 11 is 0. The van der Waals surface area contributed by atoms with E-state index in [1.165, 1.54) is 25.1 Å². The van der Waals surface area contributed by atoms with E-state index in [9.17, 15) is 0 Å². The Hall–Kier alpha value is -0.860. The molecule has 0 aromatic heterocycles. The van der Waals surface area contributed by atoms with Crippen molar-refractivity contribution in [2.24, 2.45) is 0 Å². The standard InChI is InChI=1S/C15H24N2/c1-3-17(15-9-10-16-11-15)12-13(2)14-7-5-4-6-8-14/h4-8,13,15-16H,3,9-12H2,1-2H3. The first-order valence-electron chi connectivity index (χ1n) is 6.81. The molecule has 2 heteroatoms. The summed E-state index contributed by atoms with van der Waals surface area (Å²) in [4.78, 5) is 2.62. The van der Waals surface area contributed by atoms with E-state index in [1.54, 1.807) is 0 Å². The lowest BCUT2D eigenvalue weighted by molar-refractivity contribution is 0.209. The first-order valence-corrected chi connectivity index (χ1v) is 6.81. The number of nitrogens with zero attached hydrogens (tertiary/aromatic N) is 1. The van der Waals surface area contributed by atoms with Crippen LogP contribution in [0, 0.1) is 0 Å². The Morgan fingerprint density at radius 1 is 1.35 bits per heavy atom. The van der Waals surface area contributed by atoms with E-state index in [4.69, 9.17) is 0 Å². The quantitative estimate of drug-likeness (QED) is 0.839. The lowest BCUT2D eigenvalue weighted by atomic mass is 10.00. The van der Waals surface area contributed by atoms with Crippen molar-refractivity contribution in [2.45, 2.75) is 32.2 Å². The van der Waals surface area contributed by atoms with Crippen molar-refractivity contribution < 1.29 is 0 Å². The van der Waals surface area contributed by atoms with Gasteiger partial charge in [0.05, 0.1) is 0 Å². The maximum Gasteiger partial charge on any atom is 0.0232 e. The highest BCUT2D eigenvalue weighted by Crippen LogP contribution is 2.18. The molecule has 1 aromatic rings. The predicted molar refractivity (Wildman–Crippen MR) is 73.4 cm³/mol. The molecular formula is C15H24N2. The van der Waals surface area contributed by atoms with E-state index in [2.05, 4.69) is 54.4 Å². The van der Waals surface area contributed by atoms with E-state index in [1.807, 2.05) is 0 Å². The molecule has 0 saturated carbocycles. The van der Waals surface area contributed by atoms with Gasteiger partial charge in [0.2, 0.25) is 0 Å². The molecule has 1 heterocycles. The Bertz CT molecular complexity index is 317. The maximum absolute atomic E-state index is 3.46. The zero-order chi connectivity index (χ0) is 12.1. The van der Waals surface area contributed by atoms with Crippen molar-refractivity contribution in [1.82, 2.24) is 10.2 Å². The molecule has 0 spiro atoms. The minimum Gasteiger partial charge on any atom is -0.315 e. The highest BCUT2D eigenvalue weighted by Gasteiger charge is 2.22. The number of nitrogens with one attached hydrogen (secondary N) is 1. The van der Waals surface area contributed by atoms with Gasteiger partial charge in [-0.2, -0.15) is 0 Å². The second kappa shape index (κ2) is 6.18. The lowest BCUT2D eigenvalue weighted by Gasteiger charge is -2.29. The molecule has 0 aliphatic carbocycles. The summed E-state index contributed by atoms with van der Waals surface area (Å²) in [5.74, 6) is 0.622. The monoisotopic (exact) mass is 232 g/mol. The Morgan fingerprint density at radius 2 is 2.12 bits per heavy atom. The molecule has 1 N–H and O–H groups in total. The Labute approximate surface area is 105 Å². The predicted octanol–water partition coefficient (Wildman–Crippen LogP) is 2.47. The molecule has 2 rings (SSSR count). The fraction of sp³-hybridized carbons (Fsp3) is 0.600. The smallest absolute Gasteiger partial charge is 0.0232 e. The molecular weight excluding hydrogens is 208 g/mol. The third-order valence-corrected chi connectivity index (χ3v) is 3.83. The number of hydrogen-bond acceptors (Lipinski definition) is 2. The molecule has 1 aromatic carbocycles. The summed E-state index contributed by atoms with van der Waals surface area (Å²) in [7, 11) is 0. The highest BCUT2D eigenvalue weighted by atomic mass is 15.2. The Balaban J connectivity index is 1.94. The summed E-state index contributed by atoms with van der Waals surface area (Å²) in [6, 6.07) is 11.6. The number of benzene rings is 1. The SMILES string of the molecule is CCN(CC(C)c1ccccc1)C1CCNC1. The van der Waals surface area contributed by atoms with E-state index >= 15 is 0 Å². The maximum atomic E-state index is 3.46. The summed E-state index contributed by atoms with van der Waals surface area (Å²) in [6.45, 7) is 9.28. The molecule has 0 radical (unpaired) electrons. The summed E-state index contributed by atoms with van der Waals surface area (Å²) in [6.07, 6.45) is 1.30. The van der Waals surface area contributed by atoms with Crippen LogP contribution in [0.5, 0.6) is 0 Å². The molecule has 2 nitrogen and oxygen atoms in total. The third kappa shape index (κ3) is 3.30. The van der Waals surface area contributed by atoms with Crippen LogP contribution in [0.4, 0.5) is 0 Å². The summed E-state index contributed by atoms with van der Waals surface area (Å²) < 4.78 is 0. The minimum absolute atomic E-state index is 0.622. The van der Waals surface area contributed by atoms with Gasteiger partial charge in [-0.25, -0.2) is 0 Å². The fourth-order valence-corrected chi connectivity index (χ4v) is 2.73. The molecule has 1 aliphatic rings. The lowest BCUT2D eigenvalue weighted by Crippen LogP contribution is -2.39. The van der Waals surface area contributed by atoms with Crippen molar-refractivity contribution in [2.75, 3.05) is 26.2 Å². The molecule has 2 atom stereocenters. The molecule has 1 aliphatic heterocycles. The van der Waals surface area contributed by atoms with Gasteiger partial charge < -0.3 is 5.32 Å². The van der Waals surface area contributed by atoms with Crippen LogP contribution in [0.25, 0.3) is 0 Å². The van der Waals surface area contributed by atoms with Crippen LogP contribution in [-0.2, 0) is 0 Å². The summed E-state index contributed by atoms with van der Waals surface area (Å²) in [5, 5.41) is 3.46. The second-order valence-corrected chi connectivity index (χ2v) is 5.05. The number of hydrogen-bond donors (Lipinski definition) is 1. The van der Waals surface area contributed by atoms with E-state index in [0.29, 0.717) is 5.92 Å². The molecule has 2 unspecified atom stereocenters. The average Bonchev–Trinajstić information content (AvgIpc) is 2.90. The fourth-order valence-electron chi connectivity index (χ4n) is 2.73. The Morgan fingerprint density at radius 3 is 2.71 bits per heavy atom. The van der Waals surface area contributed by atoms with Gasteiger partial charge in [0.15, 0.2) is 0 Å². The van der Waals surface area contributed by atoms with Gasteiger partial charge in [0.25, 0.3) is 0 Å². The van der Waals surface area contributed by atoms with Gasteiger partial charge in [-0.3, -0.25) is 4.90 Å². The Kier molecular flexibility index (Phi) is 4.57. The highest BCUT2D eigenvalue weighted by molar-refractivity contribution is 5.19. The zero-order valence-corrected chi connectivity index (χ0v) is 11.0. The van der Waals surface area contributed by atoms with Crippen molar-refractivity contribution in [3.05, 3.63) is 35.9 Å². The van der Waals surface area contributed by atoms with Crippen LogP contribution < -0.4 is 5.32 Å². The van der Waals surface area contributed by atoms with Crippen molar-refractivity contribution in [3.8, 4) is 0 Å². The van der Waals surface area contributed by atoms with E-state index in [0.717, 1.165) is 19.1 Å². The van der Waals surface area contributed by atoms with Gasteiger partial charge in [-0.15, -0.1) is 0 Å². The minimum atomic E-state index is 0.622. The molecule has 0 amide bonds. The number of likely N-dealkylation sites (N-methyl/N-ethyl adjacent to an activating group) is 1. The molecule has 0 bridgehead atoms. The van der Waals surface area contributed by atoms with Crippen LogP contribution in [0.3, 0.4) is 0 Å². The number of rotatable bonds is 5. The largest absolute Gasteiger partial charge is 0.315 e. The van der Waals surface area contributed by atoms with Gasteiger partial charge in [-0.05, 0) is 31.0 Å². The average molecular weight is 232 g/mol. The van der Waals surface area contributed by atoms with Crippen molar-refractivity contribution >= 4 is 0 Å². The normalized spacial score (nSPS) is 21.9. The molecule has 1 saturated heterocycles. The van der Waals surface area contributed by atoms with Crippen molar-refractivity contribution in [3.63, 3.8) is 0 Å². The third-order valence-electron chi connectivity index (χ3n) is 3.83. The van der Waals surface area contributed by atoms with Gasteiger partial charge in [0, 0.05) is 19.1 Å². The molecule has 1 fully saturated rings. The van der Waals surface area contributed by atoms with Crippen LogP contribution >= 0.6 is 0 Å². The first kappa shape index (κ1) is 12.6. The summed E-state index contributed by atoms with van der Waals surface area (Å²) in [5.41, 5.74) is 1.46.